The van der Waals surface area contributed by atoms with Crippen LogP contribution in [0.2, 0.25) is 0 Å². The highest BCUT2D eigenvalue weighted by atomic mass is 16.4. The summed E-state index contributed by atoms with van der Waals surface area (Å²) in [6.45, 7) is 3.22. The Balaban J connectivity index is 1.76. The molecule has 0 atom stereocenters. The lowest BCUT2D eigenvalue weighted by molar-refractivity contribution is 0.304. The van der Waals surface area contributed by atoms with Crippen molar-refractivity contribution >= 4 is 22.8 Å². The summed E-state index contributed by atoms with van der Waals surface area (Å²) in [5.74, 6) is 0. The lowest BCUT2D eigenvalue weighted by Gasteiger charge is -2.27. The minimum absolute atomic E-state index is 0.423. The first-order chi connectivity index (χ1) is 9.22. The molecule has 2 aromatic rings. The third-order valence-electron chi connectivity index (χ3n) is 4.48. The van der Waals surface area contributed by atoms with Gasteiger partial charge in [0.25, 0.3) is 6.01 Å². The summed E-state index contributed by atoms with van der Waals surface area (Å²) < 4.78 is 5.70. The van der Waals surface area contributed by atoms with Crippen molar-refractivity contribution in [3.63, 3.8) is 0 Å². The molecule has 3 N–H and O–H groups in total. The van der Waals surface area contributed by atoms with Crippen molar-refractivity contribution in [3.05, 3.63) is 18.2 Å². The molecule has 1 heterocycles. The predicted molar refractivity (Wildman–Crippen MR) is 78.1 cm³/mol. The van der Waals surface area contributed by atoms with Crippen LogP contribution < -0.4 is 11.1 Å². The van der Waals surface area contributed by atoms with Crippen LogP contribution in [0.5, 0.6) is 0 Å². The molecule has 0 saturated heterocycles. The summed E-state index contributed by atoms with van der Waals surface area (Å²) in [7, 11) is 0. The van der Waals surface area contributed by atoms with Gasteiger partial charge in [-0.15, -0.1) is 0 Å². The van der Waals surface area contributed by atoms with E-state index in [0.29, 0.717) is 17.1 Å². The van der Waals surface area contributed by atoms with Gasteiger partial charge in [-0.1, -0.05) is 25.8 Å². The smallest absolute Gasteiger partial charge is 0.295 e. The molecule has 19 heavy (non-hydrogen) atoms. The maximum Gasteiger partial charge on any atom is 0.295 e. The maximum absolute atomic E-state index is 5.89. The molecule has 1 saturated carbocycles. The average molecular weight is 259 g/mol. The molecule has 1 aliphatic carbocycles. The molecule has 0 unspecified atom stereocenters. The van der Waals surface area contributed by atoms with Crippen molar-refractivity contribution in [3.8, 4) is 0 Å². The van der Waals surface area contributed by atoms with Gasteiger partial charge < -0.3 is 15.5 Å². The number of nitrogens with two attached hydrogens (primary N) is 1. The van der Waals surface area contributed by atoms with Gasteiger partial charge in [0.15, 0.2) is 5.58 Å². The second-order valence-corrected chi connectivity index (χ2v) is 5.63. The van der Waals surface area contributed by atoms with Crippen LogP contribution in [-0.2, 0) is 0 Å². The van der Waals surface area contributed by atoms with E-state index < -0.39 is 0 Å². The second kappa shape index (κ2) is 4.76. The summed E-state index contributed by atoms with van der Waals surface area (Å²) in [6, 6.07) is 6.22. The number of hydrogen-bond acceptors (Lipinski definition) is 4. The van der Waals surface area contributed by atoms with E-state index in [1.54, 1.807) is 0 Å². The summed E-state index contributed by atoms with van der Waals surface area (Å²) in [5, 5.41) is 3.36. The van der Waals surface area contributed by atoms with E-state index in [9.17, 15) is 0 Å². The Morgan fingerprint density at radius 1 is 1.37 bits per heavy atom. The van der Waals surface area contributed by atoms with Gasteiger partial charge in [-0.2, -0.15) is 4.98 Å². The van der Waals surface area contributed by atoms with Crippen LogP contribution in [0.1, 0.15) is 39.0 Å². The Bertz CT molecular complexity index is 570. The van der Waals surface area contributed by atoms with E-state index in [0.717, 1.165) is 17.6 Å². The molecule has 0 radical (unpaired) electrons. The summed E-state index contributed by atoms with van der Waals surface area (Å²) >= 11 is 0. The van der Waals surface area contributed by atoms with E-state index in [2.05, 4.69) is 17.2 Å². The van der Waals surface area contributed by atoms with Crippen molar-refractivity contribution in [2.45, 2.75) is 39.0 Å². The number of fused-ring (bicyclic) bond motifs is 1. The Morgan fingerprint density at radius 2 is 2.16 bits per heavy atom. The Kier molecular flexibility index (Phi) is 3.09. The van der Waals surface area contributed by atoms with Crippen LogP contribution in [0.15, 0.2) is 22.6 Å². The zero-order chi connectivity index (χ0) is 13.3. The number of oxazole rings is 1. The van der Waals surface area contributed by atoms with Crippen molar-refractivity contribution in [2.24, 2.45) is 5.41 Å². The average Bonchev–Trinajstić information content (AvgIpc) is 3.04. The van der Waals surface area contributed by atoms with Gasteiger partial charge in [-0.3, -0.25) is 0 Å². The Morgan fingerprint density at radius 3 is 2.84 bits per heavy atom. The highest BCUT2D eigenvalue weighted by molar-refractivity contribution is 5.86. The molecule has 1 aliphatic rings. The van der Waals surface area contributed by atoms with E-state index in [-0.39, 0.29) is 0 Å². The molecule has 0 spiro atoms. The van der Waals surface area contributed by atoms with Gasteiger partial charge in [0, 0.05) is 6.54 Å². The van der Waals surface area contributed by atoms with Crippen molar-refractivity contribution in [2.75, 3.05) is 17.6 Å². The number of nitrogen functional groups attached to an aromatic ring is 1. The molecule has 0 amide bonds. The van der Waals surface area contributed by atoms with Crippen molar-refractivity contribution < 1.29 is 4.42 Å². The fourth-order valence-electron chi connectivity index (χ4n) is 3.09. The topological polar surface area (TPSA) is 64.1 Å². The SMILES string of the molecule is CCC1(CNc2nc3c(N)cccc3o2)CCCC1. The van der Waals surface area contributed by atoms with Gasteiger partial charge in [0.2, 0.25) is 0 Å². The van der Waals surface area contributed by atoms with Crippen LogP contribution in [-0.4, -0.2) is 11.5 Å². The Hall–Kier alpha value is -1.71. The quantitative estimate of drug-likeness (QED) is 0.820. The first-order valence-electron chi connectivity index (χ1n) is 7.11. The molecule has 3 rings (SSSR count). The van der Waals surface area contributed by atoms with Crippen LogP contribution in [0, 0.1) is 5.41 Å². The third-order valence-corrected chi connectivity index (χ3v) is 4.48. The van der Waals surface area contributed by atoms with Gasteiger partial charge >= 0.3 is 0 Å². The molecule has 4 nitrogen and oxygen atoms in total. The largest absolute Gasteiger partial charge is 0.423 e. The number of para-hydroxylation sites is 1. The molecule has 1 aromatic carbocycles. The van der Waals surface area contributed by atoms with Crippen LogP contribution >= 0.6 is 0 Å². The molecule has 0 bridgehead atoms. The minimum Gasteiger partial charge on any atom is -0.423 e. The molecule has 0 aliphatic heterocycles. The number of benzene rings is 1. The third kappa shape index (κ3) is 2.27. The van der Waals surface area contributed by atoms with Gasteiger partial charge in [-0.25, -0.2) is 0 Å². The van der Waals surface area contributed by atoms with Gasteiger partial charge in [0.05, 0.1) is 5.69 Å². The molecule has 4 heteroatoms. The standard InChI is InChI=1S/C15H21N3O/c1-2-15(8-3-4-9-15)10-17-14-18-13-11(16)6-5-7-12(13)19-14/h5-7H,2-4,8-10,16H2,1H3,(H,17,18). The van der Waals surface area contributed by atoms with E-state index >= 15 is 0 Å². The normalized spacial score (nSPS) is 17.9. The highest BCUT2D eigenvalue weighted by Gasteiger charge is 2.32. The highest BCUT2D eigenvalue weighted by Crippen LogP contribution is 2.41. The van der Waals surface area contributed by atoms with Gasteiger partial charge in [-0.05, 0) is 36.8 Å². The van der Waals surface area contributed by atoms with Crippen LogP contribution in [0.3, 0.4) is 0 Å². The summed E-state index contributed by atoms with van der Waals surface area (Å²) in [4.78, 5) is 4.44. The van der Waals surface area contributed by atoms with E-state index in [1.165, 1.54) is 32.1 Å². The summed E-state index contributed by atoms with van der Waals surface area (Å²) in [5.41, 5.74) is 8.48. The summed E-state index contributed by atoms with van der Waals surface area (Å²) in [6.07, 6.45) is 6.51. The number of aromatic nitrogens is 1. The predicted octanol–water partition coefficient (Wildman–Crippen LogP) is 3.79. The zero-order valence-electron chi connectivity index (χ0n) is 11.4. The monoisotopic (exact) mass is 259 g/mol. The fraction of sp³-hybridized carbons (Fsp3) is 0.533. The first kappa shape index (κ1) is 12.3. The van der Waals surface area contributed by atoms with Gasteiger partial charge in [0.1, 0.15) is 5.52 Å². The zero-order valence-corrected chi connectivity index (χ0v) is 11.4. The van der Waals surface area contributed by atoms with Crippen molar-refractivity contribution in [1.82, 2.24) is 4.98 Å². The minimum atomic E-state index is 0.423. The maximum atomic E-state index is 5.89. The van der Waals surface area contributed by atoms with E-state index in [1.807, 2.05) is 18.2 Å². The van der Waals surface area contributed by atoms with Crippen LogP contribution in [0.25, 0.3) is 11.1 Å². The molecule has 102 valence electrons. The Labute approximate surface area is 113 Å². The van der Waals surface area contributed by atoms with Crippen LogP contribution in [0.4, 0.5) is 11.7 Å². The number of rotatable bonds is 4. The molecule has 1 fully saturated rings. The van der Waals surface area contributed by atoms with Crippen molar-refractivity contribution in [1.29, 1.82) is 0 Å². The molecular formula is C15H21N3O. The lowest BCUT2D eigenvalue weighted by atomic mass is 9.83. The number of nitrogens with zero attached hydrogens (tertiary/aromatic N) is 1. The first-order valence-corrected chi connectivity index (χ1v) is 7.11. The fourth-order valence-corrected chi connectivity index (χ4v) is 3.09. The number of nitrogens with one attached hydrogen (secondary N) is 1. The molecule has 1 aromatic heterocycles. The lowest BCUT2D eigenvalue weighted by Crippen LogP contribution is -2.25. The second-order valence-electron chi connectivity index (χ2n) is 5.63. The molecular weight excluding hydrogens is 238 g/mol. The number of anilines is 2. The number of hydrogen-bond donors (Lipinski definition) is 2. The van der Waals surface area contributed by atoms with E-state index in [4.69, 9.17) is 10.2 Å².